The van der Waals surface area contributed by atoms with Crippen LogP contribution in [0, 0.1) is 17.6 Å². The third-order valence-electron chi connectivity index (χ3n) is 5.73. The lowest BCUT2D eigenvalue weighted by molar-refractivity contribution is -0.177. The van der Waals surface area contributed by atoms with Gasteiger partial charge in [-0.3, -0.25) is 4.79 Å². The highest BCUT2D eigenvalue weighted by Crippen LogP contribution is 2.58. The zero-order valence-corrected chi connectivity index (χ0v) is 13.4. The molecule has 1 amide bonds. The van der Waals surface area contributed by atoms with E-state index in [4.69, 9.17) is 4.74 Å². The summed E-state index contributed by atoms with van der Waals surface area (Å²) in [5.74, 6) is -0.718. The highest BCUT2D eigenvalue weighted by Gasteiger charge is 2.67. The summed E-state index contributed by atoms with van der Waals surface area (Å²) in [6, 6.07) is 3.23. The largest absolute Gasteiger partial charge is 0.339 e. The second-order valence-corrected chi connectivity index (χ2v) is 7.34. The van der Waals surface area contributed by atoms with E-state index in [1.54, 1.807) is 4.90 Å². The van der Waals surface area contributed by atoms with Gasteiger partial charge in [0.15, 0.2) is 0 Å². The molecule has 1 aromatic rings. The molecule has 0 aromatic heterocycles. The molecule has 3 nitrogen and oxygen atoms in total. The molecule has 2 atom stereocenters. The number of fused-ring (bicyclic) bond motifs is 1. The van der Waals surface area contributed by atoms with Crippen molar-refractivity contribution >= 4 is 5.91 Å². The molecule has 23 heavy (non-hydrogen) atoms. The van der Waals surface area contributed by atoms with Crippen LogP contribution in [0.4, 0.5) is 8.78 Å². The Labute approximate surface area is 134 Å². The standard InChI is InChI=1S/C18H21F2NO2/c1-3-18-5-4-15(12-6-13(19)8-14(20)7-12)21(18)16(22)17(23-18)9-11(2)10-17/h6-8,11,15H,3-5,9-10H2,1-2H3/t11?,15-,17?,18+/m0/s1. The van der Waals surface area contributed by atoms with Gasteiger partial charge in [0.1, 0.15) is 23.0 Å². The minimum Gasteiger partial charge on any atom is -0.339 e. The van der Waals surface area contributed by atoms with E-state index in [1.807, 2.05) is 6.92 Å². The number of halogens is 2. The van der Waals surface area contributed by atoms with E-state index in [1.165, 1.54) is 12.1 Å². The van der Waals surface area contributed by atoms with Crippen molar-refractivity contribution in [3.8, 4) is 0 Å². The van der Waals surface area contributed by atoms with E-state index >= 15 is 0 Å². The Morgan fingerprint density at radius 3 is 2.48 bits per heavy atom. The molecular weight excluding hydrogens is 300 g/mol. The maximum Gasteiger partial charge on any atom is 0.257 e. The van der Waals surface area contributed by atoms with Crippen LogP contribution in [-0.4, -0.2) is 22.1 Å². The predicted octanol–water partition coefficient (Wildman–Crippen LogP) is 3.93. The monoisotopic (exact) mass is 321 g/mol. The summed E-state index contributed by atoms with van der Waals surface area (Å²) in [5, 5.41) is 0. The summed E-state index contributed by atoms with van der Waals surface area (Å²) >= 11 is 0. The number of carbonyl (C=O) groups is 1. The van der Waals surface area contributed by atoms with Crippen molar-refractivity contribution in [2.45, 2.75) is 63.3 Å². The average Bonchev–Trinajstić information content (AvgIpc) is 2.93. The van der Waals surface area contributed by atoms with Gasteiger partial charge in [-0.2, -0.15) is 0 Å². The van der Waals surface area contributed by atoms with Gasteiger partial charge in [-0.1, -0.05) is 13.8 Å². The van der Waals surface area contributed by atoms with Crippen molar-refractivity contribution in [2.24, 2.45) is 5.92 Å². The van der Waals surface area contributed by atoms with E-state index < -0.39 is 23.0 Å². The SMILES string of the molecule is CC[C@@]12CC[C@@H](c3cc(F)cc(F)c3)N1C(=O)C1(CC(C)C1)O2. The number of benzene rings is 1. The normalized spacial score (nSPS) is 39.0. The number of hydrogen-bond acceptors (Lipinski definition) is 2. The Balaban J connectivity index is 1.73. The lowest BCUT2D eigenvalue weighted by Crippen LogP contribution is -2.50. The molecule has 4 rings (SSSR count). The van der Waals surface area contributed by atoms with Crippen molar-refractivity contribution in [3.05, 3.63) is 35.4 Å². The Morgan fingerprint density at radius 1 is 1.26 bits per heavy atom. The van der Waals surface area contributed by atoms with E-state index in [0.717, 1.165) is 18.9 Å². The molecular formula is C18H21F2NO2. The van der Waals surface area contributed by atoms with Crippen LogP contribution < -0.4 is 0 Å². The number of ether oxygens (including phenoxy) is 1. The summed E-state index contributed by atoms with van der Waals surface area (Å²) in [6.07, 6.45) is 3.58. The maximum atomic E-state index is 13.6. The average molecular weight is 321 g/mol. The molecule has 0 radical (unpaired) electrons. The fourth-order valence-corrected chi connectivity index (χ4v) is 4.78. The smallest absolute Gasteiger partial charge is 0.257 e. The summed E-state index contributed by atoms with van der Waals surface area (Å²) in [6.45, 7) is 4.12. The maximum absolute atomic E-state index is 13.6. The first-order chi connectivity index (χ1) is 10.9. The lowest BCUT2D eigenvalue weighted by atomic mass is 9.71. The number of nitrogens with zero attached hydrogens (tertiary/aromatic N) is 1. The fraction of sp³-hybridized carbons (Fsp3) is 0.611. The molecule has 1 saturated carbocycles. The Kier molecular flexibility index (Phi) is 3.12. The third kappa shape index (κ3) is 1.98. The van der Waals surface area contributed by atoms with Gasteiger partial charge in [0.25, 0.3) is 5.91 Å². The first kappa shape index (κ1) is 15.1. The summed E-state index contributed by atoms with van der Waals surface area (Å²) in [4.78, 5) is 14.9. The fourth-order valence-electron chi connectivity index (χ4n) is 4.78. The van der Waals surface area contributed by atoms with Crippen LogP contribution >= 0.6 is 0 Å². The Bertz CT molecular complexity index is 651. The third-order valence-corrected chi connectivity index (χ3v) is 5.73. The molecule has 3 aliphatic rings. The molecule has 124 valence electrons. The molecule has 3 fully saturated rings. The van der Waals surface area contributed by atoms with E-state index in [-0.39, 0.29) is 11.9 Å². The second-order valence-electron chi connectivity index (χ2n) is 7.34. The minimum absolute atomic E-state index is 0.00428. The molecule has 2 heterocycles. The quantitative estimate of drug-likeness (QED) is 0.826. The summed E-state index contributed by atoms with van der Waals surface area (Å²) < 4.78 is 33.5. The first-order valence-corrected chi connectivity index (χ1v) is 8.39. The molecule has 1 aromatic carbocycles. The van der Waals surface area contributed by atoms with Crippen LogP contribution in [0.2, 0.25) is 0 Å². The molecule has 2 saturated heterocycles. The van der Waals surface area contributed by atoms with Gasteiger partial charge in [-0.15, -0.1) is 0 Å². The highest BCUT2D eigenvalue weighted by molar-refractivity contribution is 5.89. The highest BCUT2D eigenvalue weighted by atomic mass is 19.1. The lowest BCUT2D eigenvalue weighted by Gasteiger charge is -2.41. The predicted molar refractivity (Wildman–Crippen MR) is 80.4 cm³/mol. The van der Waals surface area contributed by atoms with E-state index in [9.17, 15) is 13.6 Å². The topological polar surface area (TPSA) is 29.5 Å². The Hall–Kier alpha value is -1.49. The van der Waals surface area contributed by atoms with Crippen molar-refractivity contribution in [3.63, 3.8) is 0 Å². The van der Waals surface area contributed by atoms with Gasteiger partial charge >= 0.3 is 0 Å². The van der Waals surface area contributed by atoms with Crippen LogP contribution in [-0.2, 0) is 9.53 Å². The van der Waals surface area contributed by atoms with Crippen LogP contribution in [0.3, 0.4) is 0 Å². The molecule has 2 aliphatic heterocycles. The Morgan fingerprint density at radius 2 is 1.91 bits per heavy atom. The second kappa shape index (κ2) is 4.76. The molecule has 1 aliphatic carbocycles. The minimum atomic E-state index is -0.694. The summed E-state index contributed by atoms with van der Waals surface area (Å²) in [7, 11) is 0. The number of rotatable bonds is 2. The van der Waals surface area contributed by atoms with Crippen molar-refractivity contribution in [1.29, 1.82) is 0 Å². The molecule has 0 unspecified atom stereocenters. The van der Waals surface area contributed by atoms with Crippen LogP contribution in [0.1, 0.15) is 57.6 Å². The zero-order chi connectivity index (χ0) is 16.4. The molecule has 0 N–H and O–H groups in total. The van der Waals surface area contributed by atoms with Crippen LogP contribution in [0.25, 0.3) is 0 Å². The molecule has 1 spiro atoms. The van der Waals surface area contributed by atoms with Crippen LogP contribution in [0.5, 0.6) is 0 Å². The van der Waals surface area contributed by atoms with Gasteiger partial charge in [-0.25, -0.2) is 8.78 Å². The number of carbonyl (C=O) groups excluding carboxylic acids is 1. The first-order valence-electron chi connectivity index (χ1n) is 8.39. The summed E-state index contributed by atoms with van der Waals surface area (Å²) in [5.41, 5.74) is -0.774. The van der Waals surface area contributed by atoms with E-state index in [0.29, 0.717) is 30.7 Å². The van der Waals surface area contributed by atoms with Crippen molar-refractivity contribution in [1.82, 2.24) is 4.90 Å². The van der Waals surface area contributed by atoms with Gasteiger partial charge < -0.3 is 9.64 Å². The van der Waals surface area contributed by atoms with Crippen molar-refractivity contribution < 1.29 is 18.3 Å². The van der Waals surface area contributed by atoms with Crippen LogP contribution in [0.15, 0.2) is 18.2 Å². The van der Waals surface area contributed by atoms with Gasteiger partial charge in [0.2, 0.25) is 0 Å². The molecule has 5 heteroatoms. The van der Waals surface area contributed by atoms with Gasteiger partial charge in [0, 0.05) is 6.07 Å². The molecule has 0 bridgehead atoms. The van der Waals surface area contributed by atoms with Gasteiger partial charge in [0.05, 0.1) is 6.04 Å². The van der Waals surface area contributed by atoms with Crippen molar-refractivity contribution in [2.75, 3.05) is 0 Å². The van der Waals surface area contributed by atoms with E-state index in [2.05, 4.69) is 6.92 Å². The number of hydrogen-bond donors (Lipinski definition) is 0. The zero-order valence-electron chi connectivity index (χ0n) is 13.4. The van der Waals surface area contributed by atoms with Gasteiger partial charge in [-0.05, 0) is 55.7 Å². The number of amides is 1.